The lowest BCUT2D eigenvalue weighted by molar-refractivity contribution is -0.384. The van der Waals surface area contributed by atoms with E-state index in [0.29, 0.717) is 27.8 Å². The molecule has 0 spiro atoms. The molecule has 3 aromatic carbocycles. The monoisotopic (exact) mass is 387 g/mol. The van der Waals surface area contributed by atoms with E-state index in [1.807, 2.05) is 48.5 Å². The number of nitrogens with zero attached hydrogens (tertiary/aromatic N) is 3. The van der Waals surface area contributed by atoms with Crippen molar-refractivity contribution >= 4 is 17.3 Å². The van der Waals surface area contributed by atoms with Gasteiger partial charge in [0.2, 0.25) is 0 Å². The van der Waals surface area contributed by atoms with Crippen molar-refractivity contribution in [3.63, 3.8) is 0 Å². The summed E-state index contributed by atoms with van der Waals surface area (Å²) < 4.78 is 0. The molecular formula is C22H14ClN3O2. The summed E-state index contributed by atoms with van der Waals surface area (Å²) in [7, 11) is 0. The van der Waals surface area contributed by atoms with E-state index in [1.54, 1.807) is 30.3 Å². The van der Waals surface area contributed by atoms with E-state index in [-0.39, 0.29) is 5.69 Å². The quantitative estimate of drug-likeness (QED) is 0.316. The van der Waals surface area contributed by atoms with Crippen LogP contribution < -0.4 is 0 Å². The first kappa shape index (κ1) is 17.8. The van der Waals surface area contributed by atoms with Gasteiger partial charge in [-0.25, -0.2) is 9.97 Å². The molecule has 0 amide bonds. The van der Waals surface area contributed by atoms with Gasteiger partial charge in [0.1, 0.15) is 0 Å². The first-order valence-electron chi connectivity index (χ1n) is 8.56. The van der Waals surface area contributed by atoms with Crippen LogP contribution in [0.2, 0.25) is 5.02 Å². The summed E-state index contributed by atoms with van der Waals surface area (Å²) in [4.78, 5) is 20.4. The number of halogens is 1. The van der Waals surface area contributed by atoms with Crippen LogP contribution in [0.25, 0.3) is 33.9 Å². The van der Waals surface area contributed by atoms with Gasteiger partial charge in [-0.1, -0.05) is 66.2 Å². The van der Waals surface area contributed by atoms with Gasteiger partial charge in [-0.05, 0) is 24.3 Å². The molecule has 0 atom stereocenters. The predicted molar refractivity (Wildman–Crippen MR) is 110 cm³/mol. The van der Waals surface area contributed by atoms with Crippen molar-refractivity contribution in [2.45, 2.75) is 0 Å². The van der Waals surface area contributed by atoms with E-state index >= 15 is 0 Å². The van der Waals surface area contributed by atoms with Crippen molar-refractivity contribution in [3.05, 3.63) is 100 Å². The van der Waals surface area contributed by atoms with Crippen molar-refractivity contribution in [2.24, 2.45) is 0 Å². The summed E-state index contributed by atoms with van der Waals surface area (Å²) in [6.45, 7) is 0. The highest BCUT2D eigenvalue weighted by atomic mass is 35.5. The van der Waals surface area contributed by atoms with Crippen molar-refractivity contribution in [1.82, 2.24) is 9.97 Å². The van der Waals surface area contributed by atoms with Crippen LogP contribution >= 0.6 is 11.6 Å². The Morgan fingerprint density at radius 2 is 1.43 bits per heavy atom. The van der Waals surface area contributed by atoms with Crippen LogP contribution in [0.3, 0.4) is 0 Å². The highest BCUT2D eigenvalue weighted by molar-refractivity contribution is 6.30. The Morgan fingerprint density at radius 1 is 0.750 bits per heavy atom. The fraction of sp³-hybridized carbons (Fsp3) is 0. The third-order valence-electron chi connectivity index (χ3n) is 4.26. The van der Waals surface area contributed by atoms with E-state index in [0.717, 1.165) is 11.1 Å². The van der Waals surface area contributed by atoms with E-state index < -0.39 is 4.92 Å². The number of benzene rings is 3. The summed E-state index contributed by atoms with van der Waals surface area (Å²) in [5.41, 5.74) is 3.20. The summed E-state index contributed by atoms with van der Waals surface area (Å²) >= 11 is 6.14. The van der Waals surface area contributed by atoms with Gasteiger partial charge in [-0.15, -0.1) is 0 Å². The summed E-state index contributed by atoms with van der Waals surface area (Å²) in [6, 6.07) is 25.1. The van der Waals surface area contributed by atoms with Gasteiger partial charge in [0, 0.05) is 22.2 Å². The molecule has 0 saturated heterocycles. The maximum Gasteiger partial charge on any atom is 0.278 e. The number of aromatic nitrogens is 2. The van der Waals surface area contributed by atoms with Gasteiger partial charge < -0.3 is 0 Å². The molecule has 0 unspecified atom stereocenters. The molecule has 5 nitrogen and oxygen atoms in total. The van der Waals surface area contributed by atoms with E-state index in [4.69, 9.17) is 11.6 Å². The number of para-hydroxylation sites is 1. The highest BCUT2D eigenvalue weighted by Crippen LogP contribution is 2.32. The topological polar surface area (TPSA) is 68.9 Å². The SMILES string of the molecule is O=[N+]([O-])c1ccccc1-c1cc(-c2cccc(Cl)c2)nc(-c2ccccc2)n1. The number of nitro groups is 1. The molecule has 0 N–H and O–H groups in total. The fourth-order valence-electron chi connectivity index (χ4n) is 2.95. The Bertz CT molecular complexity index is 1160. The molecule has 4 rings (SSSR count). The second-order valence-electron chi connectivity index (χ2n) is 6.11. The van der Waals surface area contributed by atoms with Gasteiger partial charge in [0.25, 0.3) is 5.69 Å². The molecule has 0 saturated carbocycles. The normalized spacial score (nSPS) is 10.6. The Hall–Kier alpha value is -3.57. The molecule has 136 valence electrons. The minimum absolute atomic E-state index is 0.00254. The van der Waals surface area contributed by atoms with Crippen LogP contribution in [0.5, 0.6) is 0 Å². The third-order valence-corrected chi connectivity index (χ3v) is 4.49. The summed E-state index contributed by atoms with van der Waals surface area (Å²) in [6.07, 6.45) is 0. The summed E-state index contributed by atoms with van der Waals surface area (Å²) in [5, 5.41) is 12.1. The minimum Gasteiger partial charge on any atom is -0.258 e. The number of hydrogen-bond acceptors (Lipinski definition) is 4. The Balaban J connectivity index is 1.97. The number of hydrogen-bond donors (Lipinski definition) is 0. The lowest BCUT2D eigenvalue weighted by Gasteiger charge is -2.10. The third kappa shape index (κ3) is 3.61. The lowest BCUT2D eigenvalue weighted by atomic mass is 10.1. The molecule has 0 aliphatic heterocycles. The van der Waals surface area contributed by atoms with Gasteiger partial charge in [0.05, 0.1) is 21.9 Å². The molecular weight excluding hydrogens is 374 g/mol. The van der Waals surface area contributed by atoms with E-state index in [2.05, 4.69) is 9.97 Å². The fourth-order valence-corrected chi connectivity index (χ4v) is 3.14. The Labute approximate surface area is 166 Å². The molecule has 0 fully saturated rings. The second-order valence-corrected chi connectivity index (χ2v) is 6.55. The maximum atomic E-state index is 11.5. The van der Waals surface area contributed by atoms with Gasteiger partial charge in [-0.2, -0.15) is 0 Å². The second kappa shape index (κ2) is 7.58. The van der Waals surface area contributed by atoms with Gasteiger partial charge in [0.15, 0.2) is 5.82 Å². The van der Waals surface area contributed by atoms with Crippen LogP contribution in [0.1, 0.15) is 0 Å². The standard InChI is InChI=1S/C22H14ClN3O2/c23-17-10-6-9-16(13-17)19-14-20(18-11-4-5-12-21(18)26(27)28)25-22(24-19)15-7-2-1-3-8-15/h1-14H. The van der Waals surface area contributed by atoms with Crippen molar-refractivity contribution in [1.29, 1.82) is 0 Å². The van der Waals surface area contributed by atoms with E-state index in [9.17, 15) is 10.1 Å². The average Bonchev–Trinajstić information content (AvgIpc) is 2.74. The van der Waals surface area contributed by atoms with Crippen LogP contribution in [0, 0.1) is 10.1 Å². The van der Waals surface area contributed by atoms with Crippen LogP contribution in [-0.2, 0) is 0 Å². The molecule has 1 aromatic heterocycles. The molecule has 6 heteroatoms. The molecule has 1 heterocycles. The molecule has 0 bridgehead atoms. The Kier molecular flexibility index (Phi) is 4.83. The van der Waals surface area contributed by atoms with E-state index in [1.165, 1.54) is 6.07 Å². The Morgan fingerprint density at radius 3 is 2.18 bits per heavy atom. The molecule has 0 aliphatic rings. The van der Waals surface area contributed by atoms with Gasteiger partial charge in [-0.3, -0.25) is 10.1 Å². The predicted octanol–water partition coefficient (Wildman–Crippen LogP) is 6.04. The minimum atomic E-state index is -0.404. The van der Waals surface area contributed by atoms with Crippen molar-refractivity contribution < 1.29 is 4.92 Å². The molecule has 28 heavy (non-hydrogen) atoms. The first-order chi connectivity index (χ1) is 13.6. The zero-order valence-electron chi connectivity index (χ0n) is 14.6. The van der Waals surface area contributed by atoms with Crippen LogP contribution in [0.15, 0.2) is 84.9 Å². The lowest BCUT2D eigenvalue weighted by Crippen LogP contribution is -1.98. The zero-order chi connectivity index (χ0) is 19.5. The highest BCUT2D eigenvalue weighted by Gasteiger charge is 2.18. The van der Waals surface area contributed by atoms with Crippen molar-refractivity contribution in [3.8, 4) is 33.9 Å². The number of rotatable bonds is 4. The van der Waals surface area contributed by atoms with Gasteiger partial charge >= 0.3 is 0 Å². The molecule has 4 aromatic rings. The maximum absolute atomic E-state index is 11.5. The first-order valence-corrected chi connectivity index (χ1v) is 8.94. The van der Waals surface area contributed by atoms with Crippen molar-refractivity contribution in [2.75, 3.05) is 0 Å². The summed E-state index contributed by atoms with van der Waals surface area (Å²) in [5.74, 6) is 0.492. The smallest absolute Gasteiger partial charge is 0.258 e. The average molecular weight is 388 g/mol. The largest absolute Gasteiger partial charge is 0.278 e. The molecule has 0 radical (unpaired) electrons. The number of nitro benzene ring substituents is 1. The van der Waals surface area contributed by atoms with Crippen LogP contribution in [0.4, 0.5) is 5.69 Å². The van der Waals surface area contributed by atoms with Crippen LogP contribution in [-0.4, -0.2) is 14.9 Å². The zero-order valence-corrected chi connectivity index (χ0v) is 15.4. The molecule has 0 aliphatic carbocycles.